The molecule has 4 unspecified atom stereocenters. The zero-order valence-corrected chi connectivity index (χ0v) is 11.1. The van der Waals surface area contributed by atoms with Crippen molar-refractivity contribution in [3.05, 3.63) is 23.7 Å². The van der Waals surface area contributed by atoms with Gasteiger partial charge in [-0.25, -0.2) is 0 Å². The van der Waals surface area contributed by atoms with Crippen LogP contribution in [0.3, 0.4) is 0 Å². The summed E-state index contributed by atoms with van der Waals surface area (Å²) in [6.45, 7) is 4.00. The molecule has 0 aromatic carbocycles. The molecule has 2 fully saturated rings. The third-order valence-electron chi connectivity index (χ3n) is 4.76. The van der Waals surface area contributed by atoms with Crippen LogP contribution in [-0.4, -0.2) is 11.9 Å². The van der Waals surface area contributed by atoms with E-state index in [9.17, 15) is 4.79 Å². The van der Waals surface area contributed by atoms with Crippen LogP contribution in [0.5, 0.6) is 0 Å². The Labute approximate surface area is 108 Å². The molecule has 2 aliphatic carbocycles. The smallest absolute Gasteiger partial charge is 0.287 e. The second-order valence-corrected chi connectivity index (χ2v) is 6.01. The van der Waals surface area contributed by atoms with Gasteiger partial charge in [-0.05, 0) is 63.0 Å². The molecule has 4 atom stereocenters. The second-order valence-electron chi connectivity index (χ2n) is 6.01. The van der Waals surface area contributed by atoms with Gasteiger partial charge in [0, 0.05) is 6.04 Å². The Morgan fingerprint density at radius 3 is 2.78 bits per heavy atom. The van der Waals surface area contributed by atoms with Crippen molar-refractivity contribution in [3.63, 3.8) is 0 Å². The highest BCUT2D eigenvalue weighted by molar-refractivity contribution is 5.91. The Morgan fingerprint density at radius 2 is 2.22 bits per heavy atom. The van der Waals surface area contributed by atoms with E-state index in [1.165, 1.54) is 25.7 Å². The SMILES string of the molecule is Cc1ccc(C(=O)NC(C)C2CC3CCC2C3)o1. The van der Waals surface area contributed by atoms with Crippen LogP contribution in [0.25, 0.3) is 0 Å². The fourth-order valence-electron chi connectivity index (χ4n) is 3.85. The van der Waals surface area contributed by atoms with Crippen molar-refractivity contribution in [2.24, 2.45) is 17.8 Å². The normalized spacial score (nSPS) is 31.6. The van der Waals surface area contributed by atoms with Gasteiger partial charge in [0.05, 0.1) is 0 Å². The van der Waals surface area contributed by atoms with Gasteiger partial charge in [0.2, 0.25) is 0 Å². The zero-order chi connectivity index (χ0) is 12.7. The van der Waals surface area contributed by atoms with E-state index < -0.39 is 0 Å². The lowest BCUT2D eigenvalue weighted by molar-refractivity contribution is 0.0886. The van der Waals surface area contributed by atoms with Crippen LogP contribution in [0, 0.1) is 24.7 Å². The van der Waals surface area contributed by atoms with Gasteiger partial charge in [-0.1, -0.05) is 6.42 Å². The monoisotopic (exact) mass is 247 g/mol. The van der Waals surface area contributed by atoms with Crippen molar-refractivity contribution in [1.29, 1.82) is 0 Å². The fourth-order valence-corrected chi connectivity index (χ4v) is 3.85. The van der Waals surface area contributed by atoms with Gasteiger partial charge in [-0.2, -0.15) is 0 Å². The van der Waals surface area contributed by atoms with Gasteiger partial charge in [-0.3, -0.25) is 4.79 Å². The maximum Gasteiger partial charge on any atom is 0.287 e. The van der Waals surface area contributed by atoms with Crippen molar-refractivity contribution < 1.29 is 9.21 Å². The first-order valence-electron chi connectivity index (χ1n) is 7.01. The molecule has 2 aliphatic rings. The molecule has 1 N–H and O–H groups in total. The third kappa shape index (κ3) is 2.06. The van der Waals surface area contributed by atoms with Gasteiger partial charge < -0.3 is 9.73 Å². The first kappa shape index (κ1) is 11.8. The number of carbonyl (C=O) groups excluding carboxylic acids is 1. The van der Waals surface area contributed by atoms with E-state index in [2.05, 4.69) is 12.2 Å². The Balaban J connectivity index is 1.61. The summed E-state index contributed by atoms with van der Waals surface area (Å²) in [6.07, 6.45) is 5.43. The van der Waals surface area contributed by atoms with Crippen LogP contribution in [0.1, 0.15) is 48.9 Å². The highest BCUT2D eigenvalue weighted by Crippen LogP contribution is 2.49. The van der Waals surface area contributed by atoms with Crippen LogP contribution in [-0.2, 0) is 0 Å². The molecule has 3 heteroatoms. The van der Waals surface area contributed by atoms with Gasteiger partial charge in [-0.15, -0.1) is 0 Å². The molecule has 0 saturated heterocycles. The van der Waals surface area contributed by atoms with Crippen LogP contribution >= 0.6 is 0 Å². The van der Waals surface area contributed by atoms with E-state index in [4.69, 9.17) is 4.42 Å². The van der Waals surface area contributed by atoms with Crippen molar-refractivity contribution in [2.75, 3.05) is 0 Å². The number of carbonyl (C=O) groups is 1. The van der Waals surface area contributed by atoms with Gasteiger partial charge in [0.25, 0.3) is 5.91 Å². The molecule has 1 heterocycles. The summed E-state index contributed by atoms with van der Waals surface area (Å²) < 4.78 is 5.36. The Bertz CT molecular complexity index is 451. The topological polar surface area (TPSA) is 42.2 Å². The number of nitrogens with one attached hydrogen (secondary N) is 1. The molecule has 3 rings (SSSR count). The minimum Gasteiger partial charge on any atom is -0.456 e. The number of rotatable bonds is 3. The van der Waals surface area contributed by atoms with Gasteiger partial charge >= 0.3 is 0 Å². The average molecular weight is 247 g/mol. The van der Waals surface area contributed by atoms with Gasteiger partial charge in [0.1, 0.15) is 5.76 Å². The van der Waals surface area contributed by atoms with E-state index in [-0.39, 0.29) is 11.9 Å². The minimum atomic E-state index is -0.0710. The molecule has 2 bridgehead atoms. The lowest BCUT2D eigenvalue weighted by Gasteiger charge is -2.28. The standard InChI is InChI=1S/C15H21NO2/c1-9-3-6-14(18-9)15(17)16-10(2)13-8-11-4-5-12(13)7-11/h3,6,10-13H,4-5,7-8H2,1-2H3,(H,16,17). The molecule has 1 amide bonds. The maximum atomic E-state index is 12.0. The lowest BCUT2D eigenvalue weighted by atomic mass is 9.84. The van der Waals surface area contributed by atoms with Gasteiger partial charge in [0.15, 0.2) is 5.76 Å². The lowest BCUT2D eigenvalue weighted by Crippen LogP contribution is -2.39. The number of amides is 1. The van der Waals surface area contributed by atoms with E-state index >= 15 is 0 Å². The number of fused-ring (bicyclic) bond motifs is 2. The molecule has 2 saturated carbocycles. The van der Waals surface area contributed by atoms with E-state index in [1.807, 2.05) is 13.0 Å². The number of hydrogen-bond acceptors (Lipinski definition) is 2. The largest absolute Gasteiger partial charge is 0.456 e. The molecule has 1 aromatic rings. The Hall–Kier alpha value is -1.25. The molecule has 3 nitrogen and oxygen atoms in total. The first-order chi connectivity index (χ1) is 8.63. The summed E-state index contributed by atoms with van der Waals surface area (Å²) in [5.74, 6) is 3.58. The fraction of sp³-hybridized carbons (Fsp3) is 0.667. The average Bonchev–Trinajstić information content (AvgIpc) is 3.03. The molecule has 98 valence electrons. The summed E-state index contributed by atoms with van der Waals surface area (Å²) in [6, 6.07) is 3.84. The van der Waals surface area contributed by atoms with Crippen molar-refractivity contribution in [1.82, 2.24) is 5.32 Å². The zero-order valence-electron chi connectivity index (χ0n) is 11.1. The minimum absolute atomic E-state index is 0.0710. The highest BCUT2D eigenvalue weighted by Gasteiger charge is 2.42. The molecule has 1 aromatic heterocycles. The second kappa shape index (κ2) is 4.45. The van der Waals surface area contributed by atoms with Crippen LogP contribution in [0.4, 0.5) is 0 Å². The molecule has 0 aliphatic heterocycles. The van der Waals surface area contributed by atoms with Crippen LogP contribution in [0.2, 0.25) is 0 Å². The van der Waals surface area contributed by atoms with Crippen molar-refractivity contribution in [2.45, 2.75) is 45.6 Å². The Morgan fingerprint density at radius 1 is 1.39 bits per heavy atom. The maximum absolute atomic E-state index is 12.0. The Kier molecular flexibility index (Phi) is 2.92. The van der Waals surface area contributed by atoms with Crippen molar-refractivity contribution in [3.8, 4) is 0 Å². The van der Waals surface area contributed by atoms with E-state index in [1.54, 1.807) is 6.07 Å². The van der Waals surface area contributed by atoms with Crippen molar-refractivity contribution >= 4 is 5.91 Å². The van der Waals surface area contributed by atoms with E-state index in [0.717, 1.165) is 17.6 Å². The summed E-state index contributed by atoms with van der Waals surface area (Å²) in [5.41, 5.74) is 0. The summed E-state index contributed by atoms with van der Waals surface area (Å²) in [4.78, 5) is 12.0. The first-order valence-corrected chi connectivity index (χ1v) is 7.01. The molecule has 0 spiro atoms. The summed E-state index contributed by atoms with van der Waals surface area (Å²) in [7, 11) is 0. The summed E-state index contributed by atoms with van der Waals surface area (Å²) >= 11 is 0. The molecule has 0 radical (unpaired) electrons. The predicted octanol–water partition coefficient (Wildman–Crippen LogP) is 3.14. The quantitative estimate of drug-likeness (QED) is 0.891. The number of aryl methyl sites for hydroxylation is 1. The predicted molar refractivity (Wildman–Crippen MR) is 69.3 cm³/mol. The molecule has 18 heavy (non-hydrogen) atoms. The molecular formula is C15H21NO2. The third-order valence-corrected chi connectivity index (χ3v) is 4.76. The summed E-state index contributed by atoms with van der Waals surface area (Å²) in [5, 5.41) is 3.10. The van der Waals surface area contributed by atoms with E-state index in [0.29, 0.717) is 11.7 Å². The van der Waals surface area contributed by atoms with Crippen LogP contribution < -0.4 is 5.32 Å². The number of hydrogen-bond donors (Lipinski definition) is 1. The molecular weight excluding hydrogens is 226 g/mol. The number of furan rings is 1. The highest BCUT2D eigenvalue weighted by atomic mass is 16.3. The van der Waals surface area contributed by atoms with Crippen LogP contribution in [0.15, 0.2) is 16.5 Å².